The molecule has 3 heterocycles. The summed E-state index contributed by atoms with van der Waals surface area (Å²) in [6, 6.07) is 2.13. The van der Waals surface area contributed by atoms with E-state index in [1.54, 1.807) is 12.3 Å². The molecule has 2 aliphatic rings. The SMILES string of the molecule is O=C(c1ccoc1)N1CCC2CNCC21. The van der Waals surface area contributed by atoms with E-state index in [0.29, 0.717) is 17.5 Å². The zero-order chi connectivity index (χ0) is 10.3. The van der Waals surface area contributed by atoms with Crippen molar-refractivity contribution in [3.63, 3.8) is 0 Å². The topological polar surface area (TPSA) is 45.5 Å². The van der Waals surface area contributed by atoms with Crippen molar-refractivity contribution in [2.75, 3.05) is 19.6 Å². The Morgan fingerprint density at radius 3 is 3.27 bits per heavy atom. The summed E-state index contributed by atoms with van der Waals surface area (Å²) >= 11 is 0. The first kappa shape index (κ1) is 8.97. The van der Waals surface area contributed by atoms with Crippen molar-refractivity contribution < 1.29 is 9.21 Å². The van der Waals surface area contributed by atoms with Gasteiger partial charge in [-0.25, -0.2) is 0 Å². The van der Waals surface area contributed by atoms with Crippen molar-refractivity contribution in [2.24, 2.45) is 5.92 Å². The number of fused-ring (bicyclic) bond motifs is 1. The molecule has 1 N–H and O–H groups in total. The van der Waals surface area contributed by atoms with Crippen molar-refractivity contribution in [3.05, 3.63) is 24.2 Å². The summed E-state index contributed by atoms with van der Waals surface area (Å²) in [5.41, 5.74) is 0.669. The molecular formula is C11H14N2O2. The first-order valence-corrected chi connectivity index (χ1v) is 5.40. The van der Waals surface area contributed by atoms with Crippen LogP contribution in [0.1, 0.15) is 16.8 Å². The van der Waals surface area contributed by atoms with Crippen LogP contribution in [0, 0.1) is 5.92 Å². The van der Waals surface area contributed by atoms with Crippen molar-refractivity contribution in [2.45, 2.75) is 12.5 Å². The van der Waals surface area contributed by atoms with Gasteiger partial charge in [-0.05, 0) is 18.4 Å². The highest BCUT2D eigenvalue weighted by atomic mass is 16.3. The van der Waals surface area contributed by atoms with Gasteiger partial charge >= 0.3 is 0 Å². The van der Waals surface area contributed by atoms with Gasteiger partial charge in [0.15, 0.2) is 0 Å². The normalized spacial score (nSPS) is 29.5. The fraction of sp³-hybridized carbons (Fsp3) is 0.545. The van der Waals surface area contributed by atoms with Crippen LogP contribution < -0.4 is 5.32 Å². The van der Waals surface area contributed by atoms with E-state index in [0.717, 1.165) is 26.1 Å². The average Bonchev–Trinajstić information content (AvgIpc) is 2.94. The highest BCUT2D eigenvalue weighted by Gasteiger charge is 2.40. The maximum Gasteiger partial charge on any atom is 0.257 e. The predicted octanol–water partition coefficient (Wildman–Crippen LogP) is 0.713. The highest BCUT2D eigenvalue weighted by molar-refractivity contribution is 5.94. The van der Waals surface area contributed by atoms with Gasteiger partial charge in [0.25, 0.3) is 5.91 Å². The van der Waals surface area contributed by atoms with E-state index in [-0.39, 0.29) is 5.91 Å². The van der Waals surface area contributed by atoms with E-state index in [1.807, 2.05) is 4.90 Å². The number of hydrogen-bond acceptors (Lipinski definition) is 3. The Kier molecular flexibility index (Phi) is 2.02. The van der Waals surface area contributed by atoms with Crippen LogP contribution >= 0.6 is 0 Å². The smallest absolute Gasteiger partial charge is 0.257 e. The largest absolute Gasteiger partial charge is 0.472 e. The maximum atomic E-state index is 12.1. The summed E-state index contributed by atoms with van der Waals surface area (Å²) < 4.78 is 4.94. The van der Waals surface area contributed by atoms with Gasteiger partial charge in [-0.2, -0.15) is 0 Å². The molecule has 15 heavy (non-hydrogen) atoms. The summed E-state index contributed by atoms with van der Waals surface area (Å²) in [6.07, 6.45) is 4.20. The second-order valence-electron chi connectivity index (χ2n) is 4.28. The van der Waals surface area contributed by atoms with Crippen molar-refractivity contribution in [3.8, 4) is 0 Å². The third-order valence-electron chi connectivity index (χ3n) is 3.47. The monoisotopic (exact) mass is 206 g/mol. The van der Waals surface area contributed by atoms with Crippen LogP contribution in [0.4, 0.5) is 0 Å². The summed E-state index contributed by atoms with van der Waals surface area (Å²) in [4.78, 5) is 14.1. The van der Waals surface area contributed by atoms with Crippen molar-refractivity contribution in [1.82, 2.24) is 10.2 Å². The predicted molar refractivity (Wildman–Crippen MR) is 54.5 cm³/mol. The number of hydrogen-bond donors (Lipinski definition) is 1. The molecule has 1 aromatic heterocycles. The molecule has 0 aliphatic carbocycles. The molecule has 1 amide bonds. The molecule has 0 spiro atoms. The second kappa shape index (κ2) is 3.38. The summed E-state index contributed by atoms with van der Waals surface area (Å²) in [7, 11) is 0. The number of furan rings is 1. The minimum Gasteiger partial charge on any atom is -0.472 e. The molecule has 3 rings (SSSR count). The average molecular weight is 206 g/mol. The molecule has 2 fully saturated rings. The molecule has 2 unspecified atom stereocenters. The molecule has 4 nitrogen and oxygen atoms in total. The van der Waals surface area contributed by atoms with E-state index in [1.165, 1.54) is 6.26 Å². The second-order valence-corrected chi connectivity index (χ2v) is 4.28. The maximum absolute atomic E-state index is 12.1. The zero-order valence-electron chi connectivity index (χ0n) is 8.48. The Bertz CT molecular complexity index is 361. The minimum absolute atomic E-state index is 0.111. The molecule has 1 aromatic rings. The number of rotatable bonds is 1. The molecule has 80 valence electrons. The third kappa shape index (κ3) is 1.36. The van der Waals surface area contributed by atoms with E-state index in [9.17, 15) is 4.79 Å². The van der Waals surface area contributed by atoms with Gasteiger partial charge in [0.2, 0.25) is 0 Å². The molecule has 0 bridgehead atoms. The van der Waals surface area contributed by atoms with Gasteiger partial charge in [-0.1, -0.05) is 0 Å². The van der Waals surface area contributed by atoms with Crippen molar-refractivity contribution >= 4 is 5.91 Å². The van der Waals surface area contributed by atoms with Crippen LogP contribution in [0.5, 0.6) is 0 Å². The number of likely N-dealkylation sites (tertiary alicyclic amines) is 1. The zero-order valence-corrected chi connectivity index (χ0v) is 8.48. The standard InChI is InChI=1S/C11H14N2O2/c14-11(9-2-4-15-7-9)13-3-1-8-5-12-6-10(8)13/h2,4,7-8,10,12H,1,3,5-6H2. The van der Waals surface area contributed by atoms with Crippen LogP contribution in [0.2, 0.25) is 0 Å². The van der Waals surface area contributed by atoms with E-state index >= 15 is 0 Å². The molecule has 4 heteroatoms. The van der Waals surface area contributed by atoms with Crippen LogP contribution in [0.15, 0.2) is 23.0 Å². The van der Waals surface area contributed by atoms with Gasteiger partial charge in [0, 0.05) is 25.7 Å². The Balaban J connectivity index is 1.80. The van der Waals surface area contributed by atoms with Crippen LogP contribution in [0.25, 0.3) is 0 Å². The van der Waals surface area contributed by atoms with Crippen LogP contribution in [-0.4, -0.2) is 36.5 Å². The number of carbonyl (C=O) groups is 1. The lowest BCUT2D eigenvalue weighted by Crippen LogP contribution is -2.38. The summed E-state index contributed by atoms with van der Waals surface area (Å²) in [5, 5.41) is 3.34. The van der Waals surface area contributed by atoms with Gasteiger partial charge < -0.3 is 14.6 Å². The van der Waals surface area contributed by atoms with Gasteiger partial charge in [0.1, 0.15) is 6.26 Å². The Hall–Kier alpha value is -1.29. The minimum atomic E-state index is 0.111. The lowest BCUT2D eigenvalue weighted by molar-refractivity contribution is 0.0736. The molecular weight excluding hydrogens is 192 g/mol. The highest BCUT2D eigenvalue weighted by Crippen LogP contribution is 2.28. The van der Waals surface area contributed by atoms with Gasteiger partial charge in [-0.15, -0.1) is 0 Å². The quantitative estimate of drug-likeness (QED) is 0.736. The fourth-order valence-electron chi connectivity index (χ4n) is 2.65. The fourth-order valence-corrected chi connectivity index (χ4v) is 2.65. The first-order chi connectivity index (χ1) is 7.36. The molecule has 0 aromatic carbocycles. The van der Waals surface area contributed by atoms with Crippen LogP contribution in [0.3, 0.4) is 0 Å². The molecule has 2 saturated heterocycles. The molecule has 0 radical (unpaired) electrons. The molecule has 0 saturated carbocycles. The molecule has 2 atom stereocenters. The Morgan fingerprint density at radius 2 is 2.47 bits per heavy atom. The van der Waals surface area contributed by atoms with Crippen LogP contribution in [-0.2, 0) is 0 Å². The first-order valence-electron chi connectivity index (χ1n) is 5.40. The third-order valence-corrected chi connectivity index (χ3v) is 3.47. The number of carbonyl (C=O) groups excluding carboxylic acids is 1. The Labute approximate surface area is 88.2 Å². The lowest BCUT2D eigenvalue weighted by atomic mass is 10.1. The summed E-state index contributed by atoms with van der Waals surface area (Å²) in [6.45, 7) is 2.88. The van der Waals surface area contributed by atoms with E-state index < -0.39 is 0 Å². The number of nitrogens with one attached hydrogen (secondary N) is 1. The van der Waals surface area contributed by atoms with Gasteiger partial charge in [0.05, 0.1) is 11.8 Å². The van der Waals surface area contributed by atoms with E-state index in [4.69, 9.17) is 4.42 Å². The Morgan fingerprint density at radius 1 is 1.53 bits per heavy atom. The lowest BCUT2D eigenvalue weighted by Gasteiger charge is -2.22. The summed E-state index contributed by atoms with van der Waals surface area (Å²) in [5.74, 6) is 0.765. The molecule has 2 aliphatic heterocycles. The van der Waals surface area contributed by atoms with E-state index in [2.05, 4.69) is 5.32 Å². The number of amides is 1. The number of nitrogens with zero attached hydrogens (tertiary/aromatic N) is 1. The van der Waals surface area contributed by atoms with Gasteiger partial charge in [-0.3, -0.25) is 4.79 Å². The van der Waals surface area contributed by atoms with Crippen molar-refractivity contribution in [1.29, 1.82) is 0 Å².